The average Bonchev–Trinajstić information content (AvgIpc) is 2.37. The Hall–Kier alpha value is -2.11. The summed E-state index contributed by atoms with van der Waals surface area (Å²) in [7, 11) is 0. The van der Waals surface area contributed by atoms with Crippen molar-refractivity contribution in [3.63, 3.8) is 0 Å². The summed E-state index contributed by atoms with van der Waals surface area (Å²) in [4.78, 5) is 22.7. The Kier molecular flexibility index (Phi) is 5.78. The van der Waals surface area contributed by atoms with Crippen LogP contribution in [-0.2, 0) is 4.79 Å². The van der Waals surface area contributed by atoms with Crippen molar-refractivity contribution in [2.75, 3.05) is 6.61 Å². The predicted molar refractivity (Wildman–Crippen MR) is 68.3 cm³/mol. The molecule has 6 heteroatoms. The monoisotopic (exact) mass is 268 g/mol. The quantitative estimate of drug-likeness (QED) is 0.856. The molecule has 1 rings (SSSR count). The van der Waals surface area contributed by atoms with Crippen LogP contribution in [0.25, 0.3) is 0 Å². The highest BCUT2D eigenvalue weighted by molar-refractivity contribution is 5.95. The summed E-state index contributed by atoms with van der Waals surface area (Å²) in [5, 5.41) is 4.73. The topological polar surface area (TPSA) is 67.4 Å². The van der Waals surface area contributed by atoms with Crippen molar-refractivity contribution >= 4 is 11.9 Å². The highest BCUT2D eigenvalue weighted by Crippen LogP contribution is 2.10. The lowest BCUT2D eigenvalue weighted by atomic mass is 10.3. The first kappa shape index (κ1) is 14.9. The molecule has 19 heavy (non-hydrogen) atoms. The van der Waals surface area contributed by atoms with E-state index in [2.05, 4.69) is 10.6 Å². The fourth-order valence-corrected chi connectivity index (χ4v) is 1.20. The number of rotatable bonds is 5. The summed E-state index contributed by atoms with van der Waals surface area (Å²) < 4.78 is 17.7. The summed E-state index contributed by atoms with van der Waals surface area (Å²) in [5.74, 6) is -0.589. The molecule has 0 radical (unpaired) electrons. The standard InChI is InChI=1S/C13H17FN2O3/c1-3-9(2)15-13(18)16-12(17)8-19-11-6-4-10(14)5-7-11/h4-7,9H,3,8H2,1-2H3,(H2,15,16,17,18)/t9-/m1/s1. The van der Waals surface area contributed by atoms with Gasteiger partial charge in [-0.3, -0.25) is 10.1 Å². The lowest BCUT2D eigenvalue weighted by Crippen LogP contribution is -2.44. The largest absolute Gasteiger partial charge is 0.484 e. The third kappa shape index (κ3) is 5.85. The van der Waals surface area contributed by atoms with Crippen LogP contribution in [0.1, 0.15) is 20.3 Å². The third-order valence-corrected chi connectivity index (χ3v) is 2.43. The number of halogens is 1. The molecule has 0 unspecified atom stereocenters. The lowest BCUT2D eigenvalue weighted by Gasteiger charge is -2.12. The van der Waals surface area contributed by atoms with Crippen LogP contribution in [-0.4, -0.2) is 24.6 Å². The molecule has 5 nitrogen and oxygen atoms in total. The molecule has 0 heterocycles. The third-order valence-electron chi connectivity index (χ3n) is 2.43. The summed E-state index contributed by atoms with van der Waals surface area (Å²) in [5.41, 5.74) is 0. The molecule has 0 bridgehead atoms. The Balaban J connectivity index is 2.31. The molecule has 0 aliphatic rings. The van der Waals surface area contributed by atoms with Crippen LogP contribution in [0.2, 0.25) is 0 Å². The number of hydrogen-bond donors (Lipinski definition) is 2. The first-order valence-electron chi connectivity index (χ1n) is 6.00. The SMILES string of the molecule is CC[C@@H](C)NC(=O)NC(=O)COc1ccc(F)cc1. The van der Waals surface area contributed by atoms with Gasteiger partial charge >= 0.3 is 6.03 Å². The highest BCUT2D eigenvalue weighted by Gasteiger charge is 2.10. The van der Waals surface area contributed by atoms with E-state index in [0.29, 0.717) is 5.75 Å². The molecule has 2 N–H and O–H groups in total. The zero-order valence-corrected chi connectivity index (χ0v) is 10.9. The van der Waals surface area contributed by atoms with Crippen molar-refractivity contribution in [3.8, 4) is 5.75 Å². The van der Waals surface area contributed by atoms with E-state index in [4.69, 9.17) is 4.74 Å². The molecule has 1 aromatic rings. The van der Waals surface area contributed by atoms with Crippen LogP contribution in [0.4, 0.5) is 9.18 Å². The Labute approximate surface area is 111 Å². The predicted octanol–water partition coefficient (Wildman–Crippen LogP) is 1.83. The molecule has 1 aromatic carbocycles. The van der Waals surface area contributed by atoms with Crippen LogP contribution in [0.3, 0.4) is 0 Å². The van der Waals surface area contributed by atoms with Gasteiger partial charge in [-0.05, 0) is 37.6 Å². The van der Waals surface area contributed by atoms with Gasteiger partial charge in [0.05, 0.1) is 0 Å². The number of carbonyl (C=O) groups excluding carboxylic acids is 2. The lowest BCUT2D eigenvalue weighted by molar-refractivity contribution is -0.122. The fraction of sp³-hybridized carbons (Fsp3) is 0.385. The van der Waals surface area contributed by atoms with E-state index in [1.807, 2.05) is 13.8 Å². The average molecular weight is 268 g/mol. The summed E-state index contributed by atoms with van der Waals surface area (Å²) in [6, 6.07) is 4.70. The Morgan fingerprint density at radius 2 is 1.95 bits per heavy atom. The van der Waals surface area contributed by atoms with E-state index in [1.165, 1.54) is 24.3 Å². The number of carbonyl (C=O) groups is 2. The summed E-state index contributed by atoms with van der Waals surface area (Å²) >= 11 is 0. The molecule has 3 amide bonds. The first-order chi connectivity index (χ1) is 9.01. The van der Waals surface area contributed by atoms with Crippen LogP contribution in [0.15, 0.2) is 24.3 Å². The van der Waals surface area contributed by atoms with Gasteiger partial charge < -0.3 is 10.1 Å². The van der Waals surface area contributed by atoms with Crippen LogP contribution in [0, 0.1) is 5.82 Å². The van der Waals surface area contributed by atoms with E-state index in [-0.39, 0.29) is 18.5 Å². The molecule has 0 aliphatic heterocycles. The maximum absolute atomic E-state index is 12.6. The number of amides is 3. The Bertz CT molecular complexity index is 434. The van der Waals surface area contributed by atoms with Crippen molar-refractivity contribution in [3.05, 3.63) is 30.1 Å². The van der Waals surface area contributed by atoms with Crippen molar-refractivity contribution in [2.24, 2.45) is 0 Å². The van der Waals surface area contributed by atoms with E-state index in [1.54, 1.807) is 0 Å². The Morgan fingerprint density at radius 3 is 2.53 bits per heavy atom. The van der Waals surface area contributed by atoms with Gasteiger partial charge in [-0.2, -0.15) is 0 Å². The molecule has 0 aromatic heterocycles. The van der Waals surface area contributed by atoms with Crippen molar-refractivity contribution < 1.29 is 18.7 Å². The molecule has 0 spiro atoms. The number of hydrogen-bond acceptors (Lipinski definition) is 3. The number of imide groups is 1. The van der Waals surface area contributed by atoms with Gasteiger partial charge in [0.15, 0.2) is 6.61 Å². The summed E-state index contributed by atoms with van der Waals surface area (Å²) in [6.45, 7) is 3.45. The second kappa shape index (κ2) is 7.35. The molecule has 0 fully saturated rings. The van der Waals surface area contributed by atoms with Gasteiger partial charge in [-0.25, -0.2) is 9.18 Å². The highest BCUT2D eigenvalue weighted by atomic mass is 19.1. The van der Waals surface area contributed by atoms with Crippen LogP contribution in [0.5, 0.6) is 5.75 Å². The zero-order valence-electron chi connectivity index (χ0n) is 10.9. The molecule has 0 saturated heterocycles. The van der Waals surface area contributed by atoms with Crippen molar-refractivity contribution in [1.82, 2.24) is 10.6 Å². The van der Waals surface area contributed by atoms with Gasteiger partial charge in [0, 0.05) is 6.04 Å². The minimum atomic E-state index is -0.565. The van der Waals surface area contributed by atoms with Gasteiger partial charge in [0.1, 0.15) is 11.6 Å². The van der Waals surface area contributed by atoms with E-state index >= 15 is 0 Å². The first-order valence-corrected chi connectivity index (χ1v) is 6.00. The maximum Gasteiger partial charge on any atom is 0.321 e. The smallest absolute Gasteiger partial charge is 0.321 e. The zero-order chi connectivity index (χ0) is 14.3. The van der Waals surface area contributed by atoms with Gasteiger partial charge in [0.2, 0.25) is 0 Å². The molecule has 104 valence electrons. The number of nitrogens with one attached hydrogen (secondary N) is 2. The second-order valence-corrected chi connectivity index (χ2v) is 4.07. The Morgan fingerprint density at radius 1 is 1.32 bits per heavy atom. The molecular weight excluding hydrogens is 251 g/mol. The molecular formula is C13H17FN2O3. The summed E-state index contributed by atoms with van der Waals surface area (Å²) in [6.07, 6.45) is 0.772. The van der Waals surface area contributed by atoms with Crippen molar-refractivity contribution in [1.29, 1.82) is 0 Å². The second-order valence-electron chi connectivity index (χ2n) is 4.07. The van der Waals surface area contributed by atoms with Gasteiger partial charge in [-0.1, -0.05) is 6.92 Å². The van der Waals surface area contributed by atoms with Crippen LogP contribution < -0.4 is 15.4 Å². The van der Waals surface area contributed by atoms with Crippen LogP contribution >= 0.6 is 0 Å². The molecule has 1 atom stereocenters. The van der Waals surface area contributed by atoms with Gasteiger partial charge in [-0.15, -0.1) is 0 Å². The minimum Gasteiger partial charge on any atom is -0.484 e. The van der Waals surface area contributed by atoms with Crippen molar-refractivity contribution in [2.45, 2.75) is 26.3 Å². The normalized spacial score (nSPS) is 11.5. The fourth-order valence-electron chi connectivity index (χ4n) is 1.20. The van der Waals surface area contributed by atoms with E-state index in [9.17, 15) is 14.0 Å². The number of benzene rings is 1. The maximum atomic E-state index is 12.6. The molecule has 0 aliphatic carbocycles. The van der Waals surface area contributed by atoms with Gasteiger partial charge in [0.25, 0.3) is 5.91 Å². The number of ether oxygens (including phenoxy) is 1. The minimum absolute atomic E-state index is 0.00850. The van der Waals surface area contributed by atoms with E-state index in [0.717, 1.165) is 6.42 Å². The number of urea groups is 1. The van der Waals surface area contributed by atoms with E-state index < -0.39 is 11.9 Å². The molecule has 0 saturated carbocycles.